The van der Waals surface area contributed by atoms with Crippen molar-refractivity contribution in [2.45, 2.75) is 22.4 Å². The van der Waals surface area contributed by atoms with Gasteiger partial charge in [0.2, 0.25) is 0 Å². The Balaban J connectivity index is 2.22. The van der Waals surface area contributed by atoms with Crippen molar-refractivity contribution < 1.29 is 35.3 Å². The third-order valence-corrected chi connectivity index (χ3v) is 9.55. The van der Waals surface area contributed by atoms with Crippen molar-refractivity contribution in [2.75, 3.05) is 6.61 Å². The SMILES string of the molecule is OC[C@H]1O[C](n2cnc3c([SeH])ncnc32)([Pt]([Cl])[Cl])[C@H](O)[C@@H]1O. The number of nitrogens with zero attached hydrogens (tertiary/aromatic N) is 4. The molecule has 0 aromatic carbocycles. The van der Waals surface area contributed by atoms with Crippen molar-refractivity contribution in [1.29, 1.82) is 0 Å². The van der Waals surface area contributed by atoms with Crippen LogP contribution in [0.15, 0.2) is 12.7 Å². The zero-order valence-corrected chi connectivity index (χ0v) is 16.3. The summed E-state index contributed by atoms with van der Waals surface area (Å²) in [6.07, 6.45) is -0.999. The summed E-state index contributed by atoms with van der Waals surface area (Å²) in [5, 5.41) is 29.8. The van der Waals surface area contributed by atoms with Crippen molar-refractivity contribution >= 4 is 50.6 Å². The number of aliphatic hydroxyl groups is 3. The molecule has 2 aromatic heterocycles. The molecule has 12 heteroatoms. The summed E-state index contributed by atoms with van der Waals surface area (Å²) in [7, 11) is 12.4. The molecule has 0 radical (unpaired) electrons. The van der Waals surface area contributed by atoms with Crippen molar-refractivity contribution in [2.24, 2.45) is 0 Å². The van der Waals surface area contributed by atoms with Crippen LogP contribution in [0.4, 0.5) is 0 Å². The molecule has 0 bridgehead atoms. The van der Waals surface area contributed by atoms with Crippen LogP contribution in [0, 0.1) is 0 Å². The first-order chi connectivity index (χ1) is 10.4. The first-order valence-electron chi connectivity index (χ1n) is 5.91. The van der Waals surface area contributed by atoms with E-state index in [1.165, 1.54) is 17.2 Å². The molecule has 2 aromatic rings. The summed E-state index contributed by atoms with van der Waals surface area (Å²) >= 11 is -0.704. The van der Waals surface area contributed by atoms with E-state index in [9.17, 15) is 15.3 Å². The summed E-state index contributed by atoms with van der Waals surface area (Å²) in [4.78, 5) is 12.4. The van der Waals surface area contributed by atoms with Gasteiger partial charge in [-0.2, -0.15) is 0 Å². The van der Waals surface area contributed by atoms with Gasteiger partial charge in [-0.3, -0.25) is 0 Å². The topological polar surface area (TPSA) is 114 Å². The van der Waals surface area contributed by atoms with Gasteiger partial charge in [-0.25, -0.2) is 0 Å². The van der Waals surface area contributed by atoms with Gasteiger partial charge < -0.3 is 0 Å². The Kier molecular flexibility index (Phi) is 4.82. The first-order valence-corrected chi connectivity index (χ1v) is 13.6. The maximum absolute atomic E-state index is 10.5. The van der Waals surface area contributed by atoms with Crippen LogP contribution in [-0.2, 0) is 24.1 Å². The van der Waals surface area contributed by atoms with Crippen LogP contribution in [0.2, 0.25) is 0 Å². The van der Waals surface area contributed by atoms with E-state index in [1.807, 2.05) is 0 Å². The molecule has 0 amide bonds. The average Bonchev–Trinajstić information content (AvgIpc) is 3.02. The molecule has 1 aliphatic heterocycles. The van der Waals surface area contributed by atoms with E-state index < -0.39 is 44.3 Å². The normalized spacial score (nSPS) is 32.6. The average molecular weight is 596 g/mol. The molecule has 1 saturated heterocycles. The van der Waals surface area contributed by atoms with E-state index in [4.69, 9.17) is 23.6 Å². The summed E-state index contributed by atoms with van der Waals surface area (Å²) in [5.74, 6) is 0. The number of halogens is 2. The number of rotatable bonds is 3. The van der Waals surface area contributed by atoms with Gasteiger partial charge in [0.05, 0.1) is 0 Å². The summed E-state index contributed by atoms with van der Waals surface area (Å²) in [6.45, 7) is -0.477. The molecule has 125 valence electrons. The number of ether oxygens (including phenoxy) is 1. The molecular weight excluding hydrogens is 585 g/mol. The second-order valence-corrected chi connectivity index (χ2v) is 13.1. The van der Waals surface area contributed by atoms with Crippen LogP contribution in [0.3, 0.4) is 0 Å². The number of fused-ring (bicyclic) bond motifs is 1. The van der Waals surface area contributed by atoms with E-state index in [0.29, 0.717) is 15.8 Å². The van der Waals surface area contributed by atoms with Gasteiger partial charge in [0.1, 0.15) is 0 Å². The number of imidazole rings is 1. The van der Waals surface area contributed by atoms with E-state index in [0.717, 1.165) is 0 Å². The molecule has 0 spiro atoms. The fourth-order valence-corrected chi connectivity index (χ4v) is 7.51. The molecule has 3 rings (SSSR count). The Bertz CT molecular complexity index is 707. The Labute approximate surface area is 146 Å². The van der Waals surface area contributed by atoms with E-state index in [2.05, 4.69) is 31.0 Å². The quantitative estimate of drug-likeness (QED) is 0.352. The zero-order chi connectivity index (χ0) is 16.1. The van der Waals surface area contributed by atoms with E-state index in [-0.39, 0.29) is 0 Å². The second kappa shape index (κ2) is 6.24. The number of hydrogen-bond donors (Lipinski definition) is 3. The standard InChI is InChI=1S/C10H11N4O4Se.2ClH.Pt/c15-1-4-6(16)7(17)10(18-4)14-3-13-5-8(14)11-2-12-9(5)19;;;/h2-4,6-7,15-17H,1H2,(H,11,12,19);2*1H;/q;;;+2/p-2/t4-,6-,7-;;;/m1.../s1. The number of aromatic nitrogens is 4. The van der Waals surface area contributed by atoms with E-state index in [1.54, 1.807) is 0 Å². The minimum absolute atomic E-state index is 0.374. The van der Waals surface area contributed by atoms with Crippen LogP contribution in [-0.4, -0.2) is 75.8 Å². The van der Waals surface area contributed by atoms with Gasteiger partial charge in [0, 0.05) is 0 Å². The number of aliphatic hydroxyl groups excluding tert-OH is 3. The molecule has 0 saturated carbocycles. The van der Waals surface area contributed by atoms with Crippen LogP contribution in [0.25, 0.3) is 11.2 Å². The number of hydrogen-bond acceptors (Lipinski definition) is 7. The molecule has 4 atom stereocenters. The molecule has 0 aliphatic carbocycles. The molecule has 22 heavy (non-hydrogen) atoms. The van der Waals surface area contributed by atoms with Crippen LogP contribution < -0.4 is 4.59 Å². The summed E-state index contributed by atoms with van der Waals surface area (Å²) in [6, 6.07) is 0. The maximum atomic E-state index is 10.5. The van der Waals surface area contributed by atoms with Crippen LogP contribution in [0.1, 0.15) is 0 Å². The van der Waals surface area contributed by atoms with Gasteiger partial charge in [0.25, 0.3) is 0 Å². The van der Waals surface area contributed by atoms with Gasteiger partial charge >= 0.3 is 147 Å². The van der Waals surface area contributed by atoms with Gasteiger partial charge in [0.15, 0.2) is 0 Å². The summed E-state index contributed by atoms with van der Waals surface area (Å²) < 4.78 is 6.14. The third kappa shape index (κ3) is 2.35. The van der Waals surface area contributed by atoms with Crippen molar-refractivity contribution in [3.05, 3.63) is 12.7 Å². The Hall–Kier alpha value is 0.178. The van der Waals surface area contributed by atoms with Gasteiger partial charge in [-0.15, -0.1) is 0 Å². The predicted octanol–water partition coefficient (Wildman–Crippen LogP) is -2.00. The Morgan fingerprint density at radius 2 is 2.09 bits per heavy atom. The predicted molar refractivity (Wildman–Crippen MR) is 75.8 cm³/mol. The molecular formula is C10H11Cl2N4O4PtSe. The van der Waals surface area contributed by atoms with Crippen molar-refractivity contribution in [3.63, 3.8) is 0 Å². The first kappa shape index (κ1) is 17.0. The molecule has 8 nitrogen and oxygen atoms in total. The molecule has 1 unspecified atom stereocenters. The Morgan fingerprint density at radius 3 is 2.68 bits per heavy atom. The Morgan fingerprint density at radius 1 is 1.36 bits per heavy atom. The van der Waals surface area contributed by atoms with Gasteiger partial charge in [-0.05, 0) is 0 Å². The molecule has 1 fully saturated rings. The molecule has 1 aliphatic rings. The van der Waals surface area contributed by atoms with Crippen LogP contribution >= 0.6 is 18.8 Å². The minimum atomic E-state index is -2.97. The second-order valence-electron chi connectivity index (χ2n) is 4.49. The molecule has 3 heterocycles. The van der Waals surface area contributed by atoms with Crippen LogP contribution in [0.5, 0.6) is 0 Å². The van der Waals surface area contributed by atoms with Crippen molar-refractivity contribution in [3.8, 4) is 0 Å². The fourth-order valence-electron chi connectivity index (χ4n) is 2.28. The molecule has 3 N–H and O–H groups in total. The van der Waals surface area contributed by atoms with Gasteiger partial charge in [-0.1, -0.05) is 0 Å². The summed E-state index contributed by atoms with van der Waals surface area (Å²) in [5.41, 5.74) is 0.866. The zero-order valence-electron chi connectivity index (χ0n) is 10.7. The van der Waals surface area contributed by atoms with E-state index >= 15 is 0 Å². The monoisotopic (exact) mass is 596 g/mol. The van der Waals surface area contributed by atoms with Crippen molar-refractivity contribution in [1.82, 2.24) is 19.5 Å². The third-order valence-electron chi connectivity index (χ3n) is 3.34. The fraction of sp³-hybridized carbons (Fsp3) is 0.500.